The van der Waals surface area contributed by atoms with Gasteiger partial charge in [0.2, 0.25) is 0 Å². The first-order valence-electron chi connectivity index (χ1n) is 5.95. The van der Waals surface area contributed by atoms with E-state index in [1.165, 1.54) is 0 Å². The molecule has 0 aromatic heterocycles. The van der Waals surface area contributed by atoms with Crippen LogP contribution in [0, 0.1) is 0 Å². The van der Waals surface area contributed by atoms with Crippen molar-refractivity contribution in [2.45, 2.75) is 25.3 Å². The predicted molar refractivity (Wildman–Crippen MR) is 79.4 cm³/mol. The maximum Gasteiger partial charge on any atom is 0.106 e. The Kier molecular flexibility index (Phi) is 4.10. The molecule has 1 fully saturated rings. The second-order valence-electron chi connectivity index (χ2n) is 4.85. The van der Waals surface area contributed by atoms with Crippen molar-refractivity contribution in [2.24, 2.45) is 5.73 Å². The van der Waals surface area contributed by atoms with Crippen LogP contribution in [0.2, 0.25) is 5.02 Å². The lowest BCUT2D eigenvalue weighted by molar-refractivity contribution is 0.0658. The van der Waals surface area contributed by atoms with Crippen molar-refractivity contribution in [1.29, 1.82) is 0 Å². The summed E-state index contributed by atoms with van der Waals surface area (Å²) in [6.07, 6.45) is 1.91. The zero-order valence-corrected chi connectivity index (χ0v) is 11.9. The summed E-state index contributed by atoms with van der Waals surface area (Å²) < 4.78 is 5.39. The Hall–Kier alpha value is -0.840. The topological polar surface area (TPSA) is 47.3 Å². The zero-order valence-electron chi connectivity index (χ0n) is 10.3. The lowest BCUT2D eigenvalue weighted by Gasteiger charge is -2.36. The van der Waals surface area contributed by atoms with Crippen molar-refractivity contribution >= 4 is 34.5 Å². The van der Waals surface area contributed by atoms with E-state index in [4.69, 9.17) is 34.3 Å². The molecule has 0 amide bonds. The molecule has 5 heteroatoms. The SMILES string of the molecule is CC1(Nc2cc(Cl)ccc2C(N)=S)CCOCC1. The highest BCUT2D eigenvalue weighted by molar-refractivity contribution is 7.80. The summed E-state index contributed by atoms with van der Waals surface area (Å²) >= 11 is 11.1. The molecular formula is C13H17ClN2OS. The monoisotopic (exact) mass is 284 g/mol. The average Bonchev–Trinajstić information content (AvgIpc) is 2.28. The maximum atomic E-state index is 6.04. The van der Waals surface area contributed by atoms with Crippen LogP contribution in [0.4, 0.5) is 5.69 Å². The number of halogens is 1. The fourth-order valence-electron chi connectivity index (χ4n) is 2.11. The van der Waals surface area contributed by atoms with Crippen molar-refractivity contribution in [3.8, 4) is 0 Å². The van der Waals surface area contributed by atoms with Gasteiger partial charge in [-0.3, -0.25) is 0 Å². The van der Waals surface area contributed by atoms with Crippen LogP contribution >= 0.6 is 23.8 Å². The Morgan fingerprint density at radius 3 is 2.72 bits per heavy atom. The quantitative estimate of drug-likeness (QED) is 0.838. The van der Waals surface area contributed by atoms with Crippen molar-refractivity contribution in [3.63, 3.8) is 0 Å². The van der Waals surface area contributed by atoms with E-state index in [1.54, 1.807) is 6.07 Å². The van der Waals surface area contributed by atoms with Crippen LogP contribution in [0.15, 0.2) is 18.2 Å². The number of rotatable bonds is 3. The van der Waals surface area contributed by atoms with E-state index in [9.17, 15) is 0 Å². The summed E-state index contributed by atoms with van der Waals surface area (Å²) in [6, 6.07) is 5.53. The van der Waals surface area contributed by atoms with Crippen LogP contribution in [0.5, 0.6) is 0 Å². The summed E-state index contributed by atoms with van der Waals surface area (Å²) in [4.78, 5) is 0.379. The molecule has 0 atom stereocenters. The molecule has 0 unspecified atom stereocenters. The molecule has 0 aliphatic carbocycles. The van der Waals surface area contributed by atoms with Crippen LogP contribution in [0.1, 0.15) is 25.3 Å². The van der Waals surface area contributed by atoms with Gasteiger partial charge >= 0.3 is 0 Å². The largest absolute Gasteiger partial charge is 0.389 e. The molecule has 0 radical (unpaired) electrons. The van der Waals surface area contributed by atoms with Gasteiger partial charge in [0.05, 0.1) is 0 Å². The van der Waals surface area contributed by atoms with Gasteiger partial charge in [-0.05, 0) is 38.0 Å². The summed E-state index contributed by atoms with van der Waals surface area (Å²) in [6.45, 7) is 3.72. The number of benzene rings is 1. The summed E-state index contributed by atoms with van der Waals surface area (Å²) in [5.74, 6) is 0. The second-order valence-corrected chi connectivity index (χ2v) is 5.73. The number of nitrogens with one attached hydrogen (secondary N) is 1. The van der Waals surface area contributed by atoms with Crippen molar-refractivity contribution < 1.29 is 4.74 Å². The molecule has 0 spiro atoms. The van der Waals surface area contributed by atoms with E-state index in [0.717, 1.165) is 37.3 Å². The molecular weight excluding hydrogens is 268 g/mol. The van der Waals surface area contributed by atoms with Crippen LogP contribution < -0.4 is 11.1 Å². The second kappa shape index (κ2) is 5.43. The molecule has 1 saturated heterocycles. The zero-order chi connectivity index (χ0) is 13.2. The van der Waals surface area contributed by atoms with Crippen molar-refractivity contribution in [3.05, 3.63) is 28.8 Å². The van der Waals surface area contributed by atoms with Crippen molar-refractivity contribution in [1.82, 2.24) is 0 Å². The molecule has 18 heavy (non-hydrogen) atoms. The fraction of sp³-hybridized carbons (Fsp3) is 0.462. The van der Waals surface area contributed by atoms with Crippen molar-refractivity contribution in [2.75, 3.05) is 18.5 Å². The number of hydrogen-bond acceptors (Lipinski definition) is 3. The smallest absolute Gasteiger partial charge is 0.106 e. The lowest BCUT2D eigenvalue weighted by atomic mass is 9.91. The van der Waals surface area contributed by atoms with E-state index >= 15 is 0 Å². The summed E-state index contributed by atoms with van der Waals surface area (Å²) in [5, 5.41) is 4.19. The number of nitrogens with two attached hydrogens (primary N) is 1. The van der Waals surface area contributed by atoms with Crippen LogP contribution in [-0.4, -0.2) is 23.7 Å². The van der Waals surface area contributed by atoms with Gasteiger partial charge in [-0.2, -0.15) is 0 Å². The van der Waals surface area contributed by atoms with Gasteiger partial charge in [-0.25, -0.2) is 0 Å². The molecule has 2 rings (SSSR count). The van der Waals surface area contributed by atoms with E-state index in [2.05, 4.69) is 12.2 Å². The molecule has 1 aliphatic heterocycles. The molecule has 1 aliphatic rings. The average molecular weight is 285 g/mol. The van der Waals surface area contributed by atoms with Gasteiger partial charge in [0.25, 0.3) is 0 Å². The predicted octanol–water partition coefficient (Wildman–Crippen LogP) is 2.96. The fourth-order valence-corrected chi connectivity index (χ4v) is 2.46. The van der Waals surface area contributed by atoms with Crippen LogP contribution in [0.3, 0.4) is 0 Å². The minimum Gasteiger partial charge on any atom is -0.389 e. The normalized spacial score (nSPS) is 18.3. The van der Waals surface area contributed by atoms with E-state index in [1.807, 2.05) is 12.1 Å². The molecule has 1 aromatic rings. The van der Waals surface area contributed by atoms with Gasteiger partial charge in [-0.1, -0.05) is 23.8 Å². The minimum absolute atomic E-state index is 0.00245. The van der Waals surface area contributed by atoms with Gasteiger partial charge in [0.1, 0.15) is 4.99 Å². The van der Waals surface area contributed by atoms with Gasteiger partial charge < -0.3 is 15.8 Å². The third-order valence-electron chi connectivity index (χ3n) is 3.28. The Bertz CT molecular complexity index is 458. The Labute approximate surface area is 118 Å². The first-order valence-corrected chi connectivity index (χ1v) is 6.74. The number of anilines is 1. The molecule has 1 heterocycles. The van der Waals surface area contributed by atoms with E-state index in [0.29, 0.717) is 10.0 Å². The molecule has 1 aromatic carbocycles. The number of ether oxygens (including phenoxy) is 1. The highest BCUT2D eigenvalue weighted by Gasteiger charge is 2.27. The third kappa shape index (κ3) is 3.13. The first kappa shape index (κ1) is 13.6. The molecule has 98 valence electrons. The third-order valence-corrected chi connectivity index (χ3v) is 3.73. The lowest BCUT2D eigenvalue weighted by Crippen LogP contribution is -2.41. The van der Waals surface area contributed by atoms with E-state index < -0.39 is 0 Å². The number of hydrogen-bond donors (Lipinski definition) is 2. The summed E-state index contributed by atoms with van der Waals surface area (Å²) in [7, 11) is 0. The van der Waals surface area contributed by atoms with E-state index in [-0.39, 0.29) is 5.54 Å². The maximum absolute atomic E-state index is 6.04. The van der Waals surface area contributed by atoms with Gasteiger partial charge in [0.15, 0.2) is 0 Å². The standard InChI is InChI=1S/C13H17ClN2OS/c1-13(4-6-17-7-5-13)16-11-8-9(14)2-3-10(11)12(15)18/h2-3,8,16H,4-7H2,1H3,(H2,15,18). The van der Waals surface area contributed by atoms with Crippen LogP contribution in [0.25, 0.3) is 0 Å². The van der Waals surface area contributed by atoms with Crippen LogP contribution in [-0.2, 0) is 4.74 Å². The Morgan fingerprint density at radius 2 is 2.11 bits per heavy atom. The van der Waals surface area contributed by atoms with Gasteiger partial charge in [-0.15, -0.1) is 0 Å². The summed E-state index contributed by atoms with van der Waals surface area (Å²) in [5.41, 5.74) is 7.48. The Morgan fingerprint density at radius 1 is 1.44 bits per heavy atom. The Balaban J connectivity index is 2.26. The minimum atomic E-state index is 0.00245. The highest BCUT2D eigenvalue weighted by Crippen LogP contribution is 2.29. The molecule has 3 nitrogen and oxygen atoms in total. The number of thiocarbonyl (C=S) groups is 1. The molecule has 3 N–H and O–H groups in total. The van der Waals surface area contributed by atoms with Gasteiger partial charge in [0, 0.05) is 35.0 Å². The molecule has 0 saturated carbocycles. The first-order chi connectivity index (χ1) is 8.50. The molecule has 0 bridgehead atoms. The highest BCUT2D eigenvalue weighted by atomic mass is 35.5.